The van der Waals surface area contributed by atoms with E-state index in [1.54, 1.807) is 0 Å². The summed E-state index contributed by atoms with van der Waals surface area (Å²) >= 11 is 0. The second-order valence-corrected chi connectivity index (χ2v) is 8.49. The van der Waals surface area contributed by atoms with Crippen LogP contribution in [0, 0.1) is 0 Å². The van der Waals surface area contributed by atoms with Crippen LogP contribution in [0.5, 0.6) is 0 Å². The number of esters is 4. The molecule has 0 radical (unpaired) electrons. The van der Waals surface area contributed by atoms with Crippen LogP contribution < -0.4 is 0 Å². The van der Waals surface area contributed by atoms with Gasteiger partial charge in [0.05, 0.1) is 0 Å². The smallest absolute Gasteiger partial charge is 0.303 e. The first-order chi connectivity index (χ1) is 16.6. The molecule has 1 aliphatic heterocycles. The Bertz CT molecular complexity index is 692. The molecule has 5 atom stereocenters. The Hall–Kier alpha value is -2.46. The molecular weight excluding hydrogens is 460 g/mol. The summed E-state index contributed by atoms with van der Waals surface area (Å²) in [6.45, 7) is 8.54. The fraction of sp³-hybridized carbons (Fsp3) is 0.760. The SMILES string of the molecule is C=CCCCCCCCCCO[C@H]1O[C@H](COC(C)=O)[C@@H](OC(C)=O)[C@H](OC(C)=O)[C@@H]1OC(C)=O. The number of allylic oxidation sites excluding steroid dienone is 1. The van der Waals surface area contributed by atoms with Gasteiger partial charge in [0.25, 0.3) is 0 Å². The molecule has 0 saturated carbocycles. The first-order valence-electron chi connectivity index (χ1n) is 12.2. The first kappa shape index (κ1) is 30.6. The summed E-state index contributed by atoms with van der Waals surface area (Å²) < 4.78 is 32.9. The maximum atomic E-state index is 11.8. The number of hydrogen-bond donors (Lipinski definition) is 0. The maximum Gasteiger partial charge on any atom is 0.303 e. The van der Waals surface area contributed by atoms with Crippen molar-refractivity contribution >= 4 is 23.9 Å². The van der Waals surface area contributed by atoms with E-state index in [4.69, 9.17) is 28.4 Å². The molecule has 10 heteroatoms. The summed E-state index contributed by atoms with van der Waals surface area (Å²) in [7, 11) is 0. The van der Waals surface area contributed by atoms with Crippen LogP contribution >= 0.6 is 0 Å². The van der Waals surface area contributed by atoms with Gasteiger partial charge in [-0.1, -0.05) is 38.2 Å². The average Bonchev–Trinajstić information content (AvgIpc) is 2.76. The molecule has 0 amide bonds. The Balaban J connectivity index is 2.83. The highest BCUT2D eigenvalue weighted by molar-refractivity contribution is 5.68. The molecule has 1 heterocycles. The van der Waals surface area contributed by atoms with Gasteiger partial charge in [-0.3, -0.25) is 19.2 Å². The summed E-state index contributed by atoms with van der Waals surface area (Å²) in [6.07, 6.45) is 4.72. The van der Waals surface area contributed by atoms with Gasteiger partial charge in [0.15, 0.2) is 24.6 Å². The van der Waals surface area contributed by atoms with Gasteiger partial charge < -0.3 is 28.4 Å². The van der Waals surface area contributed by atoms with Crippen LogP contribution in [0.4, 0.5) is 0 Å². The molecule has 0 aromatic heterocycles. The standard InChI is InChI=1S/C25H40O10/c1-6-7-8-9-10-11-12-13-14-15-30-25-24(34-20(5)29)23(33-19(4)28)22(32-18(3)27)21(35-25)16-31-17(2)26/h6,21-25H,1,7-16H2,2-5H3/t21-,22-,23+,24+,25+/m1/s1. The second-order valence-electron chi connectivity index (χ2n) is 8.49. The molecule has 0 aromatic carbocycles. The van der Waals surface area contributed by atoms with E-state index in [-0.39, 0.29) is 6.61 Å². The van der Waals surface area contributed by atoms with Crippen molar-refractivity contribution in [2.24, 2.45) is 0 Å². The van der Waals surface area contributed by atoms with Crippen molar-refractivity contribution in [3.63, 3.8) is 0 Å². The van der Waals surface area contributed by atoms with Gasteiger partial charge in [0.2, 0.25) is 0 Å². The van der Waals surface area contributed by atoms with E-state index in [1.165, 1.54) is 40.5 Å². The monoisotopic (exact) mass is 500 g/mol. The van der Waals surface area contributed by atoms with E-state index in [9.17, 15) is 19.2 Å². The third-order valence-electron chi connectivity index (χ3n) is 5.28. The fourth-order valence-electron chi connectivity index (χ4n) is 3.80. The van der Waals surface area contributed by atoms with Crippen molar-refractivity contribution in [2.75, 3.05) is 13.2 Å². The van der Waals surface area contributed by atoms with Gasteiger partial charge in [0.1, 0.15) is 12.7 Å². The largest absolute Gasteiger partial charge is 0.463 e. The highest BCUT2D eigenvalue weighted by Crippen LogP contribution is 2.30. The molecule has 0 unspecified atom stereocenters. The summed E-state index contributed by atoms with van der Waals surface area (Å²) in [5.41, 5.74) is 0. The minimum absolute atomic E-state index is 0.274. The molecule has 1 saturated heterocycles. The van der Waals surface area contributed by atoms with E-state index in [2.05, 4.69) is 6.58 Å². The number of hydrogen-bond acceptors (Lipinski definition) is 10. The molecular formula is C25H40O10. The number of carbonyl (C=O) groups excluding carboxylic acids is 4. The van der Waals surface area contributed by atoms with Gasteiger partial charge in [-0.2, -0.15) is 0 Å². The van der Waals surface area contributed by atoms with Crippen molar-refractivity contribution in [1.29, 1.82) is 0 Å². The third kappa shape index (κ3) is 12.7. The zero-order valence-corrected chi connectivity index (χ0v) is 21.3. The Morgan fingerprint density at radius 3 is 1.77 bits per heavy atom. The van der Waals surface area contributed by atoms with Crippen molar-refractivity contribution in [3.8, 4) is 0 Å². The molecule has 0 spiro atoms. The Labute approximate surface area is 207 Å². The van der Waals surface area contributed by atoms with E-state index < -0.39 is 54.6 Å². The van der Waals surface area contributed by atoms with Crippen LogP contribution in [0.25, 0.3) is 0 Å². The number of rotatable bonds is 16. The first-order valence-corrected chi connectivity index (χ1v) is 12.2. The van der Waals surface area contributed by atoms with Gasteiger partial charge in [-0.25, -0.2) is 0 Å². The normalized spacial score (nSPS) is 23.7. The zero-order valence-electron chi connectivity index (χ0n) is 21.3. The lowest BCUT2D eigenvalue weighted by Crippen LogP contribution is -2.63. The van der Waals surface area contributed by atoms with E-state index >= 15 is 0 Å². The van der Waals surface area contributed by atoms with Gasteiger partial charge in [0, 0.05) is 34.3 Å². The minimum atomic E-state index is -1.21. The van der Waals surface area contributed by atoms with E-state index in [0.717, 1.165) is 38.5 Å². The number of unbranched alkanes of at least 4 members (excludes halogenated alkanes) is 7. The molecule has 1 fully saturated rings. The summed E-state index contributed by atoms with van der Waals surface area (Å²) in [6, 6.07) is 0. The van der Waals surface area contributed by atoms with Crippen molar-refractivity contribution < 1.29 is 47.6 Å². The minimum Gasteiger partial charge on any atom is -0.463 e. The quantitative estimate of drug-likeness (QED) is 0.135. The Morgan fingerprint density at radius 1 is 0.714 bits per heavy atom. The van der Waals surface area contributed by atoms with Gasteiger partial charge in [-0.15, -0.1) is 6.58 Å². The molecule has 0 N–H and O–H groups in total. The summed E-state index contributed by atoms with van der Waals surface area (Å²) in [5, 5.41) is 0. The van der Waals surface area contributed by atoms with Gasteiger partial charge >= 0.3 is 23.9 Å². The molecule has 200 valence electrons. The molecule has 0 aliphatic carbocycles. The molecule has 0 aromatic rings. The predicted octanol–water partition coefficient (Wildman–Crippen LogP) is 3.39. The van der Waals surface area contributed by atoms with Crippen LogP contribution in [-0.4, -0.2) is 67.8 Å². The molecule has 1 aliphatic rings. The fourth-order valence-corrected chi connectivity index (χ4v) is 3.80. The Kier molecular flexibility index (Phi) is 14.9. The van der Waals surface area contributed by atoms with Crippen molar-refractivity contribution in [3.05, 3.63) is 12.7 Å². The van der Waals surface area contributed by atoms with Crippen LogP contribution in [0.15, 0.2) is 12.7 Å². The van der Waals surface area contributed by atoms with Crippen LogP contribution in [0.1, 0.15) is 79.1 Å². The predicted molar refractivity (Wildman–Crippen MR) is 125 cm³/mol. The summed E-state index contributed by atoms with van der Waals surface area (Å²) in [5.74, 6) is -2.57. The Morgan fingerprint density at radius 2 is 1.23 bits per heavy atom. The molecule has 10 nitrogen and oxygen atoms in total. The van der Waals surface area contributed by atoms with Crippen LogP contribution in [0.2, 0.25) is 0 Å². The zero-order chi connectivity index (χ0) is 26.2. The van der Waals surface area contributed by atoms with Gasteiger partial charge in [-0.05, 0) is 19.3 Å². The van der Waals surface area contributed by atoms with Crippen molar-refractivity contribution in [1.82, 2.24) is 0 Å². The highest BCUT2D eigenvalue weighted by atomic mass is 16.7. The number of carbonyl (C=O) groups is 4. The average molecular weight is 501 g/mol. The van der Waals surface area contributed by atoms with E-state index in [1.807, 2.05) is 6.08 Å². The molecule has 35 heavy (non-hydrogen) atoms. The van der Waals surface area contributed by atoms with Crippen LogP contribution in [0.3, 0.4) is 0 Å². The van der Waals surface area contributed by atoms with Crippen LogP contribution in [-0.2, 0) is 47.6 Å². The lowest BCUT2D eigenvalue weighted by Gasteiger charge is -2.44. The lowest BCUT2D eigenvalue weighted by molar-refractivity contribution is -0.308. The second kappa shape index (κ2) is 17.0. The maximum absolute atomic E-state index is 11.8. The summed E-state index contributed by atoms with van der Waals surface area (Å²) in [4.78, 5) is 46.7. The highest BCUT2D eigenvalue weighted by Gasteiger charge is 2.52. The molecule has 0 bridgehead atoms. The molecule has 1 rings (SSSR count). The number of ether oxygens (including phenoxy) is 6. The lowest BCUT2D eigenvalue weighted by atomic mass is 9.98. The topological polar surface area (TPSA) is 124 Å². The van der Waals surface area contributed by atoms with Crippen molar-refractivity contribution in [2.45, 2.75) is 110 Å². The van der Waals surface area contributed by atoms with E-state index in [0.29, 0.717) is 6.61 Å². The third-order valence-corrected chi connectivity index (χ3v) is 5.28.